The van der Waals surface area contributed by atoms with Gasteiger partial charge in [-0.15, -0.1) is 0 Å². The molecule has 0 aromatic heterocycles. The number of carbonyl (C=O) groups is 3. The van der Waals surface area contributed by atoms with Crippen molar-refractivity contribution in [3.8, 4) is 6.07 Å². The second-order valence-electron chi connectivity index (χ2n) is 9.30. The van der Waals surface area contributed by atoms with E-state index in [9.17, 15) is 9.59 Å². The van der Waals surface area contributed by atoms with Gasteiger partial charge in [-0.3, -0.25) is 14.4 Å². The minimum absolute atomic E-state index is 0. The first kappa shape index (κ1) is 49.9. The van der Waals surface area contributed by atoms with E-state index in [1.54, 1.807) is 6.07 Å². The fourth-order valence-electron chi connectivity index (χ4n) is 3.44. The molecule has 0 atom stereocenters. The molecule has 0 aliphatic carbocycles. The van der Waals surface area contributed by atoms with Crippen molar-refractivity contribution >= 4 is 34.0 Å². The van der Waals surface area contributed by atoms with Gasteiger partial charge >= 0.3 is 59.1 Å². The number of halogens is 1. The third-order valence-electron chi connectivity index (χ3n) is 5.74. The van der Waals surface area contributed by atoms with E-state index in [0.717, 1.165) is 60.1 Å². The molecule has 0 heterocycles. The van der Waals surface area contributed by atoms with Crippen LogP contribution < -0.4 is 75.4 Å². The van der Waals surface area contributed by atoms with E-state index in [-0.39, 0.29) is 78.6 Å². The Morgan fingerprint density at radius 3 is 1.42 bits per heavy atom. The van der Waals surface area contributed by atoms with E-state index in [0.29, 0.717) is 0 Å². The molecular formula is C37H44BrN3Na2O5. The van der Waals surface area contributed by atoms with Crippen LogP contribution >= 0.6 is 15.9 Å². The third kappa shape index (κ3) is 23.0. The minimum Gasteiger partial charge on any atom is -1.00 e. The van der Waals surface area contributed by atoms with Gasteiger partial charge in [0.2, 0.25) is 0 Å². The monoisotopic (exact) mass is 735 g/mol. The smallest absolute Gasteiger partial charge is 1.00 e. The summed E-state index contributed by atoms with van der Waals surface area (Å²) in [6.07, 6.45) is 2.23. The quantitative estimate of drug-likeness (QED) is 0.0435. The number of hydrogen-bond donors (Lipinski definition) is 2. The molecule has 48 heavy (non-hydrogen) atoms. The molecule has 0 fully saturated rings. The number of alkyl halides is 1. The zero-order valence-corrected chi connectivity index (χ0v) is 34.2. The van der Waals surface area contributed by atoms with Gasteiger partial charge in [-0.1, -0.05) is 139 Å². The van der Waals surface area contributed by atoms with E-state index in [4.69, 9.17) is 21.0 Å². The van der Waals surface area contributed by atoms with Crippen LogP contribution in [-0.4, -0.2) is 31.1 Å². The van der Waals surface area contributed by atoms with Crippen LogP contribution in [0.3, 0.4) is 0 Å². The number of hydrogen-bond acceptors (Lipinski definition) is 8. The third-order valence-corrected chi connectivity index (χ3v) is 6.39. The van der Waals surface area contributed by atoms with E-state index in [1.165, 1.54) is 18.1 Å². The standard InChI is InChI=1S/C17H19NO.C14H11BrO.C3H9N.C2H3N.CH2O3.2Na.H/c1-2-12-18-13-14-8-10-16(11-9-14)17(19)15-6-4-3-5-7-15;15-10-11-6-8-13(9-7-11)14(16)12-4-2-1-3-5-12;1-2-3-4;1-2-3;2-1-4-3;;;/h3-11,18H,2,12-13H2,1H3;1-9H,10H2;2-4H2,1H3;1H3;1,3H;;;/q;;;;;2*+1;-1/p-1. The molecule has 4 aromatic carbocycles. The number of nitrogens with one attached hydrogen (secondary N) is 1. The molecule has 4 rings (SSSR count). The number of nitrogens with zero attached hydrogens (tertiary/aromatic N) is 1. The van der Waals surface area contributed by atoms with E-state index >= 15 is 0 Å². The summed E-state index contributed by atoms with van der Waals surface area (Å²) in [5.74, 6) is 0.149. The Hall–Kier alpha value is -2.46. The van der Waals surface area contributed by atoms with Crippen molar-refractivity contribution in [2.45, 2.75) is 45.5 Å². The molecule has 0 amide bonds. The molecule has 0 aliphatic rings. The van der Waals surface area contributed by atoms with Gasteiger partial charge in [-0.2, -0.15) is 5.26 Å². The summed E-state index contributed by atoms with van der Waals surface area (Å²) in [6.45, 7) is 8.15. The van der Waals surface area contributed by atoms with Crippen molar-refractivity contribution in [2.24, 2.45) is 5.73 Å². The summed E-state index contributed by atoms with van der Waals surface area (Å²) in [6, 6.07) is 35.9. The Bertz CT molecular complexity index is 1410. The van der Waals surface area contributed by atoms with Crippen molar-refractivity contribution < 1.29 is 85.1 Å². The van der Waals surface area contributed by atoms with Gasteiger partial charge in [0.05, 0.1) is 6.07 Å². The maximum atomic E-state index is 12.2. The van der Waals surface area contributed by atoms with Crippen LogP contribution in [0.5, 0.6) is 0 Å². The first-order valence-corrected chi connectivity index (χ1v) is 15.9. The molecule has 4 aromatic rings. The molecular weight excluding hydrogens is 692 g/mol. The van der Waals surface area contributed by atoms with Gasteiger partial charge in [0, 0.05) is 41.1 Å². The second-order valence-corrected chi connectivity index (χ2v) is 9.86. The maximum Gasteiger partial charge on any atom is 1.00 e. The van der Waals surface area contributed by atoms with E-state index in [2.05, 4.69) is 40.0 Å². The topological polar surface area (TPSA) is 145 Å². The number of nitrogens with two attached hydrogens (primary N) is 1. The van der Waals surface area contributed by atoms with Gasteiger partial charge in [0.15, 0.2) is 11.6 Å². The molecule has 11 heteroatoms. The Kier molecular flexibility index (Phi) is 35.8. The molecule has 0 radical (unpaired) electrons. The molecule has 0 saturated heterocycles. The van der Waals surface area contributed by atoms with Crippen LogP contribution in [0, 0.1) is 11.3 Å². The van der Waals surface area contributed by atoms with Gasteiger partial charge in [-0.05, 0) is 37.1 Å². The predicted molar refractivity (Wildman–Crippen MR) is 186 cm³/mol. The molecule has 0 spiro atoms. The largest absolute Gasteiger partial charge is 1.00 e. The predicted octanol–water partition coefficient (Wildman–Crippen LogP) is 0.670. The van der Waals surface area contributed by atoms with Gasteiger partial charge < -0.3 is 22.6 Å². The summed E-state index contributed by atoms with van der Waals surface area (Å²) >= 11 is 3.38. The number of ketones is 2. The number of carbonyl (C=O) groups excluding carboxylic acids is 3. The molecule has 0 saturated carbocycles. The number of benzene rings is 4. The molecule has 0 aliphatic heterocycles. The molecule has 8 nitrogen and oxygen atoms in total. The first-order chi connectivity index (χ1) is 22.4. The van der Waals surface area contributed by atoms with Gasteiger partial charge in [0.1, 0.15) is 0 Å². The fourth-order valence-corrected chi connectivity index (χ4v) is 3.81. The van der Waals surface area contributed by atoms with Crippen LogP contribution in [0.2, 0.25) is 0 Å². The van der Waals surface area contributed by atoms with Crippen molar-refractivity contribution in [3.63, 3.8) is 0 Å². The summed E-state index contributed by atoms with van der Waals surface area (Å²) < 4.78 is 0. The maximum absolute atomic E-state index is 12.2. The van der Waals surface area contributed by atoms with Crippen LogP contribution in [0.1, 0.15) is 78.0 Å². The van der Waals surface area contributed by atoms with Crippen molar-refractivity contribution in [1.29, 1.82) is 5.26 Å². The Balaban J connectivity index is -0.000000306. The Labute approximate surface area is 339 Å². The van der Waals surface area contributed by atoms with Crippen LogP contribution in [0.25, 0.3) is 0 Å². The van der Waals surface area contributed by atoms with E-state index < -0.39 is 0 Å². The Morgan fingerprint density at radius 1 is 0.792 bits per heavy atom. The zero-order chi connectivity index (χ0) is 34.4. The van der Waals surface area contributed by atoms with Crippen LogP contribution in [0.15, 0.2) is 109 Å². The summed E-state index contributed by atoms with van der Waals surface area (Å²) in [7, 11) is 0. The summed E-state index contributed by atoms with van der Waals surface area (Å²) in [5.41, 5.74) is 10.3. The van der Waals surface area contributed by atoms with E-state index in [1.807, 2.05) is 109 Å². The minimum atomic E-state index is -0.181. The average Bonchev–Trinajstić information content (AvgIpc) is 3.13. The number of rotatable bonds is 11. The van der Waals surface area contributed by atoms with Crippen molar-refractivity contribution in [1.82, 2.24) is 5.32 Å². The molecule has 0 bridgehead atoms. The summed E-state index contributed by atoms with van der Waals surface area (Å²) in [5, 5.41) is 19.9. The van der Waals surface area contributed by atoms with Gasteiger partial charge in [-0.25, -0.2) is 0 Å². The normalized spacial score (nSPS) is 8.69. The first-order valence-electron chi connectivity index (χ1n) is 14.7. The second kappa shape index (κ2) is 34.4. The zero-order valence-electron chi connectivity index (χ0n) is 29.7. The molecule has 3 N–H and O–H groups in total. The number of nitriles is 1. The van der Waals surface area contributed by atoms with Crippen LogP contribution in [-0.2, 0) is 21.6 Å². The average molecular weight is 737 g/mol. The van der Waals surface area contributed by atoms with Crippen molar-refractivity contribution in [3.05, 3.63) is 143 Å². The molecule has 246 valence electrons. The van der Waals surface area contributed by atoms with Crippen LogP contribution in [0.4, 0.5) is 0 Å². The summed E-state index contributed by atoms with van der Waals surface area (Å²) in [4.78, 5) is 35.5. The SMILES string of the molecule is CC#N.CCCN.CCCNCc1ccc(C(=O)c2ccccc2)cc1.O=C(c1ccccc1)c1ccc(CBr)cc1.O=CO[O-].[H-].[Na+].[Na+]. The molecule has 0 unspecified atom stereocenters. The van der Waals surface area contributed by atoms with Gasteiger partial charge in [0.25, 0.3) is 6.47 Å². The Morgan fingerprint density at radius 2 is 1.12 bits per heavy atom. The van der Waals surface area contributed by atoms with Crippen molar-refractivity contribution in [2.75, 3.05) is 13.1 Å². The fraction of sp³-hybridized carbons (Fsp3) is 0.243.